The average molecular weight is 263 g/mol. The Hall–Kier alpha value is -1.30. The van der Waals surface area contributed by atoms with E-state index < -0.39 is 0 Å². The summed E-state index contributed by atoms with van der Waals surface area (Å²) < 4.78 is 1.84. The van der Waals surface area contributed by atoms with E-state index in [4.69, 9.17) is 0 Å². The molecule has 0 radical (unpaired) electrons. The molecule has 0 bridgehead atoms. The van der Waals surface area contributed by atoms with Gasteiger partial charge >= 0.3 is 0 Å². The highest BCUT2D eigenvalue weighted by Crippen LogP contribution is 2.29. The molecule has 18 heavy (non-hydrogen) atoms. The zero-order valence-electron chi connectivity index (χ0n) is 10.9. The fraction of sp³-hybridized carbons (Fsp3) is 0.583. The molecule has 0 aromatic carbocycles. The number of nitrogens with zero attached hydrogens (tertiary/aromatic N) is 5. The first kappa shape index (κ1) is 11.8. The highest BCUT2D eigenvalue weighted by molar-refractivity contribution is 8.00. The first-order valence-corrected chi connectivity index (χ1v) is 7.27. The number of hydrogen-bond acceptors (Lipinski definition) is 5. The number of hydrogen-bond donors (Lipinski definition) is 0. The van der Waals surface area contributed by atoms with Crippen LogP contribution in [-0.4, -0.2) is 43.2 Å². The van der Waals surface area contributed by atoms with Crippen LogP contribution < -0.4 is 4.90 Å². The van der Waals surface area contributed by atoms with E-state index in [1.165, 1.54) is 0 Å². The molecule has 1 aliphatic rings. The lowest BCUT2D eigenvalue weighted by Crippen LogP contribution is -2.45. The van der Waals surface area contributed by atoms with Crippen LogP contribution in [0.3, 0.4) is 0 Å². The Labute approximate surface area is 111 Å². The van der Waals surface area contributed by atoms with Gasteiger partial charge in [0.1, 0.15) is 12.1 Å². The van der Waals surface area contributed by atoms with Gasteiger partial charge in [-0.05, 0) is 13.8 Å². The van der Waals surface area contributed by atoms with E-state index >= 15 is 0 Å². The molecule has 3 rings (SSSR count). The molecule has 0 spiro atoms. The molecule has 3 heterocycles. The summed E-state index contributed by atoms with van der Waals surface area (Å²) in [5.41, 5.74) is 0.989. The van der Waals surface area contributed by atoms with E-state index in [9.17, 15) is 0 Å². The Kier molecular flexibility index (Phi) is 2.89. The third-order valence-electron chi connectivity index (χ3n) is 3.54. The highest BCUT2D eigenvalue weighted by atomic mass is 32.2. The maximum absolute atomic E-state index is 4.39. The first-order valence-electron chi connectivity index (χ1n) is 6.22. The van der Waals surface area contributed by atoms with Crippen molar-refractivity contribution in [3.05, 3.63) is 18.1 Å². The normalized spacial score (nSPS) is 24.7. The molecular weight excluding hydrogens is 246 g/mol. The molecule has 1 aliphatic heterocycles. The molecule has 0 saturated carbocycles. The van der Waals surface area contributed by atoms with Crippen molar-refractivity contribution in [2.45, 2.75) is 32.1 Å². The third kappa shape index (κ3) is 1.84. The van der Waals surface area contributed by atoms with Crippen LogP contribution in [-0.2, 0) is 0 Å². The molecular formula is C12H17N5S. The Balaban J connectivity index is 2.10. The molecule has 2 unspecified atom stereocenters. The molecule has 96 valence electrons. The van der Waals surface area contributed by atoms with Gasteiger partial charge < -0.3 is 4.90 Å². The molecule has 1 fully saturated rings. The van der Waals surface area contributed by atoms with Gasteiger partial charge in [-0.15, -0.1) is 0 Å². The van der Waals surface area contributed by atoms with Gasteiger partial charge in [0.2, 0.25) is 0 Å². The SMILES string of the molecule is Cc1cc(N2CCSC(C)C2C)n2ncnc2n1. The Bertz CT molecular complexity index is 567. The van der Waals surface area contributed by atoms with Crippen molar-refractivity contribution < 1.29 is 0 Å². The third-order valence-corrected chi connectivity index (χ3v) is 4.88. The van der Waals surface area contributed by atoms with E-state index in [-0.39, 0.29) is 0 Å². The van der Waals surface area contributed by atoms with Gasteiger partial charge in [0.25, 0.3) is 5.78 Å². The topological polar surface area (TPSA) is 46.3 Å². The van der Waals surface area contributed by atoms with Crippen molar-refractivity contribution >= 4 is 23.4 Å². The zero-order valence-corrected chi connectivity index (χ0v) is 11.7. The molecule has 0 N–H and O–H groups in total. The Morgan fingerprint density at radius 1 is 1.39 bits per heavy atom. The first-order chi connectivity index (χ1) is 8.66. The van der Waals surface area contributed by atoms with E-state index in [0.717, 1.165) is 23.8 Å². The van der Waals surface area contributed by atoms with E-state index in [2.05, 4.69) is 39.9 Å². The minimum atomic E-state index is 0.498. The van der Waals surface area contributed by atoms with Gasteiger partial charge in [-0.2, -0.15) is 26.4 Å². The van der Waals surface area contributed by atoms with Crippen molar-refractivity contribution in [1.29, 1.82) is 0 Å². The Morgan fingerprint density at radius 2 is 2.22 bits per heavy atom. The van der Waals surface area contributed by atoms with Gasteiger partial charge in [0, 0.05) is 35.3 Å². The van der Waals surface area contributed by atoms with E-state index in [1.807, 2.05) is 23.2 Å². The Morgan fingerprint density at radius 3 is 3.06 bits per heavy atom. The maximum atomic E-state index is 4.39. The molecule has 0 amide bonds. The molecule has 6 heteroatoms. The van der Waals surface area contributed by atoms with E-state index in [0.29, 0.717) is 17.1 Å². The second-order valence-electron chi connectivity index (χ2n) is 4.74. The van der Waals surface area contributed by atoms with Crippen LogP contribution in [0.15, 0.2) is 12.4 Å². The molecule has 0 aliphatic carbocycles. The van der Waals surface area contributed by atoms with Crippen LogP contribution in [0, 0.1) is 6.92 Å². The molecule has 2 atom stereocenters. The monoisotopic (exact) mass is 263 g/mol. The minimum Gasteiger partial charge on any atom is -0.352 e. The van der Waals surface area contributed by atoms with Crippen LogP contribution in [0.2, 0.25) is 0 Å². The minimum absolute atomic E-state index is 0.498. The van der Waals surface area contributed by atoms with Crippen LogP contribution in [0.5, 0.6) is 0 Å². The van der Waals surface area contributed by atoms with E-state index in [1.54, 1.807) is 6.33 Å². The highest BCUT2D eigenvalue weighted by Gasteiger charge is 2.27. The fourth-order valence-corrected chi connectivity index (χ4v) is 3.47. The van der Waals surface area contributed by atoms with Gasteiger partial charge in [0.15, 0.2) is 0 Å². The fourth-order valence-electron chi connectivity index (χ4n) is 2.37. The predicted octanol–water partition coefficient (Wildman–Crippen LogP) is 1.76. The second kappa shape index (κ2) is 4.42. The number of fused-ring (bicyclic) bond motifs is 1. The summed E-state index contributed by atoms with van der Waals surface area (Å²) in [6.45, 7) is 7.61. The lowest BCUT2D eigenvalue weighted by Gasteiger charge is -2.38. The van der Waals surface area contributed by atoms with Crippen LogP contribution >= 0.6 is 11.8 Å². The lowest BCUT2D eigenvalue weighted by atomic mass is 10.2. The van der Waals surface area contributed by atoms with Crippen molar-refractivity contribution in [3.63, 3.8) is 0 Å². The average Bonchev–Trinajstić information content (AvgIpc) is 2.79. The molecule has 2 aromatic rings. The number of anilines is 1. The summed E-state index contributed by atoms with van der Waals surface area (Å²) in [6.07, 6.45) is 1.57. The number of rotatable bonds is 1. The molecule has 1 saturated heterocycles. The summed E-state index contributed by atoms with van der Waals surface area (Å²) in [5, 5.41) is 4.92. The molecule has 5 nitrogen and oxygen atoms in total. The van der Waals surface area contributed by atoms with Gasteiger partial charge in [-0.25, -0.2) is 4.98 Å². The predicted molar refractivity (Wildman–Crippen MR) is 74.2 cm³/mol. The maximum Gasteiger partial charge on any atom is 0.254 e. The van der Waals surface area contributed by atoms with Crippen molar-refractivity contribution in [3.8, 4) is 0 Å². The van der Waals surface area contributed by atoms with Crippen LogP contribution in [0.1, 0.15) is 19.5 Å². The number of aryl methyl sites for hydroxylation is 1. The summed E-state index contributed by atoms with van der Waals surface area (Å²) in [5.74, 6) is 2.95. The lowest BCUT2D eigenvalue weighted by molar-refractivity contribution is 0.611. The van der Waals surface area contributed by atoms with Gasteiger partial charge in [0.05, 0.1) is 0 Å². The molecule has 2 aromatic heterocycles. The zero-order chi connectivity index (χ0) is 12.7. The van der Waals surface area contributed by atoms with Crippen molar-refractivity contribution in [2.24, 2.45) is 0 Å². The standard InChI is InChI=1S/C12H17N5S/c1-8-6-11(17-12(15-8)13-7-14-17)16-4-5-18-10(3)9(16)2/h6-7,9-10H,4-5H2,1-3H3. The smallest absolute Gasteiger partial charge is 0.254 e. The summed E-state index contributed by atoms with van der Waals surface area (Å²) in [4.78, 5) is 11.0. The van der Waals surface area contributed by atoms with Crippen molar-refractivity contribution in [1.82, 2.24) is 19.6 Å². The quantitative estimate of drug-likeness (QED) is 0.784. The van der Waals surface area contributed by atoms with Gasteiger partial charge in [-0.1, -0.05) is 6.92 Å². The van der Waals surface area contributed by atoms with Crippen LogP contribution in [0.4, 0.5) is 5.82 Å². The number of thioether (sulfide) groups is 1. The summed E-state index contributed by atoms with van der Waals surface area (Å²) >= 11 is 2.03. The number of aromatic nitrogens is 4. The van der Waals surface area contributed by atoms with Crippen LogP contribution in [0.25, 0.3) is 5.78 Å². The summed E-state index contributed by atoms with van der Waals surface area (Å²) in [7, 11) is 0. The largest absolute Gasteiger partial charge is 0.352 e. The van der Waals surface area contributed by atoms with Gasteiger partial charge in [-0.3, -0.25) is 0 Å². The summed E-state index contributed by atoms with van der Waals surface area (Å²) in [6, 6.07) is 2.60. The van der Waals surface area contributed by atoms with Crippen molar-refractivity contribution in [2.75, 3.05) is 17.2 Å². The second-order valence-corrected chi connectivity index (χ2v) is 6.22.